The van der Waals surface area contributed by atoms with Crippen molar-refractivity contribution < 1.29 is 18.0 Å². The molecule has 0 bridgehead atoms. The Morgan fingerprint density at radius 3 is 2.52 bits per heavy atom. The fraction of sp³-hybridized carbons (Fsp3) is 0.588. The highest BCUT2D eigenvalue weighted by atomic mass is 19.4. The highest BCUT2D eigenvalue weighted by molar-refractivity contribution is 5.83. The van der Waals surface area contributed by atoms with Crippen LogP contribution in [0.3, 0.4) is 0 Å². The summed E-state index contributed by atoms with van der Waals surface area (Å²) in [6.07, 6.45) is -2.69. The normalized spacial score (nSPS) is 24.2. The van der Waals surface area contributed by atoms with Crippen LogP contribution in [0.5, 0.6) is 0 Å². The van der Waals surface area contributed by atoms with E-state index in [1.165, 1.54) is 0 Å². The smallest absolute Gasteiger partial charge is 0.349 e. The first-order chi connectivity index (χ1) is 10.9. The topological polar surface area (TPSA) is 41.1 Å². The average Bonchev–Trinajstić information content (AvgIpc) is 3.20. The molecule has 0 aromatic heterocycles. The Balaban J connectivity index is 1.68. The molecule has 1 aliphatic carbocycles. The minimum atomic E-state index is -4.32. The van der Waals surface area contributed by atoms with Crippen molar-refractivity contribution in [3.8, 4) is 0 Å². The van der Waals surface area contributed by atoms with Crippen molar-refractivity contribution in [1.29, 1.82) is 0 Å². The van der Waals surface area contributed by atoms with Gasteiger partial charge in [-0.2, -0.15) is 13.2 Å². The molecule has 1 aliphatic heterocycles. The third-order valence-electron chi connectivity index (χ3n) is 5.06. The molecule has 1 saturated carbocycles. The van der Waals surface area contributed by atoms with E-state index < -0.39 is 18.6 Å². The van der Waals surface area contributed by atoms with Gasteiger partial charge < -0.3 is 10.6 Å². The minimum absolute atomic E-state index is 0.0226. The molecule has 1 amide bonds. The summed E-state index contributed by atoms with van der Waals surface area (Å²) in [5.74, 6) is -0.367. The van der Waals surface area contributed by atoms with E-state index in [9.17, 15) is 18.0 Å². The fourth-order valence-corrected chi connectivity index (χ4v) is 3.64. The number of nitrogens with one attached hydrogen (secondary N) is 2. The number of benzene rings is 1. The van der Waals surface area contributed by atoms with Crippen molar-refractivity contribution in [3.05, 3.63) is 35.9 Å². The molecule has 0 radical (unpaired) electrons. The van der Waals surface area contributed by atoms with Gasteiger partial charge in [0.05, 0.1) is 12.5 Å². The predicted octanol–water partition coefficient (Wildman–Crippen LogP) is 3.19. The number of alkyl halides is 3. The Morgan fingerprint density at radius 2 is 1.91 bits per heavy atom. The van der Waals surface area contributed by atoms with Gasteiger partial charge in [0.2, 0.25) is 5.91 Å². The van der Waals surface area contributed by atoms with Gasteiger partial charge in [-0.3, -0.25) is 4.79 Å². The van der Waals surface area contributed by atoms with Gasteiger partial charge in [-0.05, 0) is 43.3 Å². The van der Waals surface area contributed by atoms with Gasteiger partial charge in [0.15, 0.2) is 0 Å². The van der Waals surface area contributed by atoms with Crippen LogP contribution in [-0.4, -0.2) is 25.2 Å². The lowest BCUT2D eigenvalue weighted by atomic mass is 9.91. The van der Waals surface area contributed by atoms with E-state index in [4.69, 9.17) is 0 Å². The Bertz CT molecular complexity index is 553. The van der Waals surface area contributed by atoms with Crippen LogP contribution in [0.1, 0.15) is 37.3 Å². The van der Waals surface area contributed by atoms with E-state index in [1.54, 1.807) is 30.3 Å². The molecular formula is C17H21F3N2O. The molecule has 1 heterocycles. The molecule has 1 aromatic carbocycles. The van der Waals surface area contributed by atoms with Gasteiger partial charge in [-0.1, -0.05) is 30.3 Å². The van der Waals surface area contributed by atoms with E-state index in [0.29, 0.717) is 5.56 Å². The summed E-state index contributed by atoms with van der Waals surface area (Å²) in [6.45, 7) is 1.77. The maximum atomic E-state index is 12.8. The average molecular weight is 326 g/mol. The van der Waals surface area contributed by atoms with Crippen LogP contribution in [-0.2, 0) is 4.79 Å². The molecule has 23 heavy (non-hydrogen) atoms. The summed E-state index contributed by atoms with van der Waals surface area (Å²) in [6, 6.07) is 7.38. The van der Waals surface area contributed by atoms with Crippen LogP contribution in [0.25, 0.3) is 0 Å². The number of carbonyl (C=O) groups is 1. The molecule has 2 N–H and O–H groups in total. The van der Waals surface area contributed by atoms with Gasteiger partial charge in [0, 0.05) is 5.92 Å². The number of rotatable bonds is 4. The third kappa shape index (κ3) is 3.86. The number of piperidine rings is 1. The monoisotopic (exact) mass is 326 g/mol. The molecule has 1 saturated heterocycles. The van der Waals surface area contributed by atoms with Crippen LogP contribution in [0, 0.1) is 11.3 Å². The lowest BCUT2D eigenvalue weighted by Gasteiger charge is -2.25. The Kier molecular flexibility index (Phi) is 4.36. The summed E-state index contributed by atoms with van der Waals surface area (Å²) < 4.78 is 38.5. The largest absolute Gasteiger partial charge is 0.391 e. The SMILES string of the molecule is O=C(NC(CC(F)(F)F)c1ccccc1)C1CC12CCNCC2. The number of hydrogen-bond acceptors (Lipinski definition) is 2. The zero-order valence-electron chi connectivity index (χ0n) is 12.8. The second-order valence-electron chi connectivity index (χ2n) is 6.66. The van der Waals surface area contributed by atoms with Crippen LogP contribution in [0.2, 0.25) is 0 Å². The molecule has 1 spiro atoms. The molecule has 2 atom stereocenters. The lowest BCUT2D eigenvalue weighted by Crippen LogP contribution is -2.36. The first-order valence-electron chi connectivity index (χ1n) is 8.02. The minimum Gasteiger partial charge on any atom is -0.349 e. The van der Waals surface area contributed by atoms with Gasteiger partial charge in [0.25, 0.3) is 0 Å². The summed E-state index contributed by atoms with van der Waals surface area (Å²) >= 11 is 0. The van der Waals surface area contributed by atoms with Crippen molar-refractivity contribution in [2.75, 3.05) is 13.1 Å². The van der Waals surface area contributed by atoms with Crippen LogP contribution < -0.4 is 10.6 Å². The first-order valence-corrected chi connectivity index (χ1v) is 8.02. The number of amides is 1. The molecule has 126 valence electrons. The fourth-order valence-electron chi connectivity index (χ4n) is 3.64. The molecule has 6 heteroatoms. The number of carbonyl (C=O) groups excluding carboxylic acids is 1. The van der Waals surface area contributed by atoms with Crippen molar-refractivity contribution in [2.45, 2.75) is 37.9 Å². The number of halogens is 3. The van der Waals surface area contributed by atoms with Gasteiger partial charge in [-0.25, -0.2) is 0 Å². The second kappa shape index (κ2) is 6.15. The second-order valence-corrected chi connectivity index (χ2v) is 6.66. The molecule has 1 aromatic rings. The molecule has 3 nitrogen and oxygen atoms in total. The molecule has 3 rings (SSSR count). The molecule has 2 unspecified atom stereocenters. The standard InChI is InChI=1S/C17H21F3N2O/c18-17(19,20)11-14(12-4-2-1-3-5-12)22-15(23)13-10-16(13)6-8-21-9-7-16/h1-5,13-14,21H,6-11H2,(H,22,23). The highest BCUT2D eigenvalue weighted by Crippen LogP contribution is 2.58. The van der Waals surface area contributed by atoms with E-state index in [1.807, 2.05) is 0 Å². The number of hydrogen-bond donors (Lipinski definition) is 2. The van der Waals surface area contributed by atoms with Crippen molar-refractivity contribution in [2.24, 2.45) is 11.3 Å². The van der Waals surface area contributed by atoms with Gasteiger partial charge in [-0.15, -0.1) is 0 Å². The van der Waals surface area contributed by atoms with Crippen LogP contribution in [0.4, 0.5) is 13.2 Å². The molecule has 2 fully saturated rings. The Labute approximate surface area is 133 Å². The maximum Gasteiger partial charge on any atom is 0.391 e. The highest BCUT2D eigenvalue weighted by Gasteiger charge is 2.57. The Hall–Kier alpha value is -1.56. The summed E-state index contributed by atoms with van der Waals surface area (Å²) in [5, 5.41) is 5.90. The first kappa shape index (κ1) is 16.3. The van der Waals surface area contributed by atoms with Crippen LogP contribution >= 0.6 is 0 Å². The van der Waals surface area contributed by atoms with Crippen molar-refractivity contribution >= 4 is 5.91 Å². The third-order valence-corrected chi connectivity index (χ3v) is 5.06. The quantitative estimate of drug-likeness (QED) is 0.892. The predicted molar refractivity (Wildman–Crippen MR) is 80.6 cm³/mol. The molecular weight excluding hydrogens is 305 g/mol. The van der Waals surface area contributed by atoms with E-state index in [0.717, 1.165) is 32.4 Å². The summed E-state index contributed by atoms with van der Waals surface area (Å²) in [4.78, 5) is 12.4. The zero-order chi connectivity index (χ0) is 16.5. The van der Waals surface area contributed by atoms with Crippen molar-refractivity contribution in [1.82, 2.24) is 10.6 Å². The van der Waals surface area contributed by atoms with Gasteiger partial charge >= 0.3 is 6.18 Å². The van der Waals surface area contributed by atoms with Crippen LogP contribution in [0.15, 0.2) is 30.3 Å². The summed E-state index contributed by atoms with van der Waals surface area (Å²) in [5.41, 5.74) is 0.521. The van der Waals surface area contributed by atoms with E-state index in [-0.39, 0.29) is 17.2 Å². The summed E-state index contributed by atoms with van der Waals surface area (Å²) in [7, 11) is 0. The van der Waals surface area contributed by atoms with E-state index >= 15 is 0 Å². The van der Waals surface area contributed by atoms with Crippen molar-refractivity contribution in [3.63, 3.8) is 0 Å². The Morgan fingerprint density at radius 1 is 1.26 bits per heavy atom. The van der Waals surface area contributed by atoms with E-state index in [2.05, 4.69) is 10.6 Å². The zero-order valence-corrected chi connectivity index (χ0v) is 12.8. The maximum absolute atomic E-state index is 12.8. The molecule has 2 aliphatic rings. The van der Waals surface area contributed by atoms with Gasteiger partial charge in [0.1, 0.15) is 0 Å². The lowest BCUT2D eigenvalue weighted by molar-refractivity contribution is -0.143.